The summed E-state index contributed by atoms with van der Waals surface area (Å²) in [5.41, 5.74) is 0. The van der Waals surface area contributed by atoms with Crippen molar-refractivity contribution in [3.8, 4) is 0 Å². The van der Waals surface area contributed by atoms with Gasteiger partial charge in [-0.05, 0) is 13.0 Å². The lowest BCUT2D eigenvalue weighted by Gasteiger charge is -2.32. The Balaban J connectivity index is 2.48. The first kappa shape index (κ1) is 9.48. The lowest BCUT2D eigenvalue weighted by molar-refractivity contribution is -0.149. The molecule has 4 heteroatoms. The van der Waals surface area contributed by atoms with E-state index in [1.165, 1.54) is 0 Å². The zero-order valence-electron chi connectivity index (χ0n) is 7.32. The summed E-state index contributed by atoms with van der Waals surface area (Å²) in [6, 6.07) is -0.432. The molecule has 1 saturated heterocycles. The van der Waals surface area contributed by atoms with Crippen molar-refractivity contribution < 1.29 is 14.6 Å². The van der Waals surface area contributed by atoms with E-state index in [-0.39, 0.29) is 0 Å². The molecule has 0 aliphatic carbocycles. The van der Waals surface area contributed by atoms with Gasteiger partial charge in [0.2, 0.25) is 0 Å². The first-order chi connectivity index (χ1) is 5.75. The zero-order valence-corrected chi connectivity index (χ0v) is 7.32. The molecule has 4 nitrogen and oxygen atoms in total. The van der Waals surface area contributed by atoms with Crippen molar-refractivity contribution in [2.24, 2.45) is 0 Å². The molecule has 0 aromatic carbocycles. The Morgan fingerprint density at radius 2 is 2.50 bits per heavy atom. The molecule has 0 aromatic heterocycles. The van der Waals surface area contributed by atoms with E-state index in [0.29, 0.717) is 13.2 Å². The smallest absolute Gasteiger partial charge is 0.323 e. The van der Waals surface area contributed by atoms with E-state index in [9.17, 15) is 4.79 Å². The molecular weight excluding hydrogens is 158 g/mol. The number of carboxylic acid groups (broad SMARTS) is 1. The molecule has 1 atom stereocenters. The molecule has 12 heavy (non-hydrogen) atoms. The fourth-order valence-electron chi connectivity index (χ4n) is 1.42. The molecule has 0 amide bonds. The summed E-state index contributed by atoms with van der Waals surface area (Å²) >= 11 is 0. The molecule has 1 aliphatic rings. The number of ether oxygens (including phenoxy) is 1. The van der Waals surface area contributed by atoms with Crippen LogP contribution < -0.4 is 0 Å². The molecule has 0 aromatic rings. The molecule has 70 valence electrons. The van der Waals surface area contributed by atoms with Crippen molar-refractivity contribution in [1.82, 2.24) is 4.90 Å². The third-order valence-corrected chi connectivity index (χ3v) is 2.04. The van der Waals surface area contributed by atoms with E-state index in [2.05, 4.69) is 0 Å². The number of nitrogens with zero attached hydrogens (tertiary/aromatic N) is 1. The van der Waals surface area contributed by atoms with Crippen LogP contribution >= 0.6 is 0 Å². The van der Waals surface area contributed by atoms with Crippen LogP contribution in [0.15, 0.2) is 0 Å². The maximum absolute atomic E-state index is 10.7. The fraction of sp³-hybridized carbons (Fsp3) is 0.875. The number of hydrogen-bond acceptors (Lipinski definition) is 3. The van der Waals surface area contributed by atoms with Gasteiger partial charge < -0.3 is 9.84 Å². The van der Waals surface area contributed by atoms with E-state index in [1.54, 1.807) is 0 Å². The summed E-state index contributed by atoms with van der Waals surface area (Å²) in [5.74, 6) is -0.775. The second-order valence-corrected chi connectivity index (χ2v) is 2.96. The number of carbonyl (C=O) groups is 1. The minimum Gasteiger partial charge on any atom is -0.480 e. The molecule has 1 rings (SSSR count). The van der Waals surface area contributed by atoms with Gasteiger partial charge in [0.25, 0.3) is 0 Å². The Hall–Kier alpha value is -0.610. The maximum atomic E-state index is 10.7. The van der Waals surface area contributed by atoms with E-state index in [1.807, 2.05) is 11.8 Å². The van der Waals surface area contributed by atoms with Crippen LogP contribution in [0.5, 0.6) is 0 Å². The van der Waals surface area contributed by atoms with Crippen molar-refractivity contribution in [3.63, 3.8) is 0 Å². The Labute approximate surface area is 72.1 Å². The van der Waals surface area contributed by atoms with Gasteiger partial charge >= 0.3 is 5.97 Å². The SMILES string of the molecule is CCCN1CCOCC1C(=O)O. The van der Waals surface area contributed by atoms with Gasteiger partial charge in [-0.2, -0.15) is 0 Å². The minimum atomic E-state index is -0.775. The highest BCUT2D eigenvalue weighted by Crippen LogP contribution is 2.07. The van der Waals surface area contributed by atoms with Gasteiger partial charge in [0.1, 0.15) is 6.04 Å². The molecule has 1 aliphatic heterocycles. The second-order valence-electron chi connectivity index (χ2n) is 2.96. The first-order valence-electron chi connectivity index (χ1n) is 4.30. The van der Waals surface area contributed by atoms with Crippen molar-refractivity contribution in [2.75, 3.05) is 26.3 Å². The van der Waals surface area contributed by atoms with Gasteiger partial charge in [0.05, 0.1) is 13.2 Å². The van der Waals surface area contributed by atoms with Gasteiger partial charge in [-0.3, -0.25) is 9.69 Å². The van der Waals surface area contributed by atoms with Gasteiger partial charge in [-0.1, -0.05) is 6.92 Å². The van der Waals surface area contributed by atoms with Gasteiger partial charge in [-0.15, -0.1) is 0 Å². The Kier molecular flexibility index (Phi) is 3.49. The van der Waals surface area contributed by atoms with Crippen LogP contribution in [0.3, 0.4) is 0 Å². The van der Waals surface area contributed by atoms with Gasteiger partial charge in [0, 0.05) is 6.54 Å². The quantitative estimate of drug-likeness (QED) is 0.661. The van der Waals surface area contributed by atoms with Crippen molar-refractivity contribution in [1.29, 1.82) is 0 Å². The van der Waals surface area contributed by atoms with Crippen molar-refractivity contribution in [2.45, 2.75) is 19.4 Å². The predicted octanol–water partition coefficient (Wildman–Crippen LogP) is 0.182. The lowest BCUT2D eigenvalue weighted by atomic mass is 10.2. The number of morpholine rings is 1. The van der Waals surface area contributed by atoms with E-state index in [4.69, 9.17) is 9.84 Å². The second kappa shape index (κ2) is 4.42. The number of carboxylic acids is 1. The van der Waals surface area contributed by atoms with Crippen molar-refractivity contribution >= 4 is 5.97 Å². The maximum Gasteiger partial charge on any atom is 0.323 e. The van der Waals surface area contributed by atoms with Crippen LogP contribution in [0, 0.1) is 0 Å². The number of aliphatic carboxylic acids is 1. The van der Waals surface area contributed by atoms with Crippen LogP contribution in [-0.4, -0.2) is 48.3 Å². The zero-order chi connectivity index (χ0) is 8.97. The summed E-state index contributed by atoms with van der Waals surface area (Å²) < 4.78 is 5.10. The number of hydrogen-bond donors (Lipinski definition) is 1. The molecule has 1 N–H and O–H groups in total. The average Bonchev–Trinajstić information content (AvgIpc) is 2.05. The van der Waals surface area contributed by atoms with Crippen LogP contribution in [0.2, 0.25) is 0 Å². The molecule has 0 radical (unpaired) electrons. The lowest BCUT2D eigenvalue weighted by Crippen LogP contribution is -2.50. The summed E-state index contributed by atoms with van der Waals surface area (Å²) in [4.78, 5) is 12.7. The standard InChI is InChI=1S/C8H15NO3/c1-2-3-9-4-5-12-6-7(9)8(10)11/h7H,2-6H2,1H3,(H,10,11). The summed E-state index contributed by atoms with van der Waals surface area (Å²) in [5, 5.41) is 8.81. The van der Waals surface area contributed by atoms with Crippen LogP contribution in [-0.2, 0) is 9.53 Å². The molecule has 1 unspecified atom stereocenters. The Morgan fingerprint density at radius 3 is 3.08 bits per heavy atom. The highest BCUT2D eigenvalue weighted by molar-refractivity contribution is 5.73. The van der Waals surface area contributed by atoms with E-state index in [0.717, 1.165) is 19.5 Å². The summed E-state index contributed by atoms with van der Waals surface area (Å²) in [7, 11) is 0. The third-order valence-electron chi connectivity index (χ3n) is 2.04. The number of rotatable bonds is 3. The highest BCUT2D eigenvalue weighted by atomic mass is 16.5. The summed E-state index contributed by atoms with van der Waals surface area (Å²) in [6.07, 6.45) is 0.990. The minimum absolute atomic E-state index is 0.329. The Morgan fingerprint density at radius 1 is 1.75 bits per heavy atom. The predicted molar refractivity (Wildman–Crippen MR) is 44.1 cm³/mol. The molecule has 0 saturated carbocycles. The monoisotopic (exact) mass is 173 g/mol. The highest BCUT2D eigenvalue weighted by Gasteiger charge is 2.27. The van der Waals surface area contributed by atoms with Crippen molar-refractivity contribution in [3.05, 3.63) is 0 Å². The molecule has 1 heterocycles. The molecule has 0 bridgehead atoms. The first-order valence-corrected chi connectivity index (χ1v) is 4.30. The largest absolute Gasteiger partial charge is 0.480 e. The average molecular weight is 173 g/mol. The van der Waals surface area contributed by atoms with E-state index >= 15 is 0 Å². The van der Waals surface area contributed by atoms with E-state index < -0.39 is 12.0 Å². The Bertz CT molecular complexity index is 158. The molecule has 0 spiro atoms. The summed E-state index contributed by atoms with van der Waals surface area (Å²) in [6.45, 7) is 4.62. The van der Waals surface area contributed by atoms with Gasteiger partial charge in [0.15, 0.2) is 0 Å². The molecular formula is C8H15NO3. The fourth-order valence-corrected chi connectivity index (χ4v) is 1.42. The topological polar surface area (TPSA) is 49.8 Å². The van der Waals surface area contributed by atoms with Gasteiger partial charge in [-0.25, -0.2) is 0 Å². The third kappa shape index (κ3) is 2.19. The van der Waals surface area contributed by atoms with Crippen LogP contribution in [0.25, 0.3) is 0 Å². The van der Waals surface area contributed by atoms with Crippen LogP contribution in [0.4, 0.5) is 0 Å². The molecule has 1 fully saturated rings. The van der Waals surface area contributed by atoms with Crippen LogP contribution in [0.1, 0.15) is 13.3 Å². The normalized spacial score (nSPS) is 25.6.